The molecule has 0 aromatic carbocycles. The summed E-state index contributed by atoms with van der Waals surface area (Å²) in [6.45, 7) is 5.03. The second-order valence-corrected chi connectivity index (χ2v) is 4.31. The summed E-state index contributed by atoms with van der Waals surface area (Å²) < 4.78 is 5.09. The van der Waals surface area contributed by atoms with Crippen molar-refractivity contribution in [2.45, 2.75) is 33.1 Å². The van der Waals surface area contributed by atoms with E-state index in [1.54, 1.807) is 0 Å². The van der Waals surface area contributed by atoms with Gasteiger partial charge >= 0.3 is 5.97 Å². The van der Waals surface area contributed by atoms with E-state index in [1.807, 2.05) is 0 Å². The van der Waals surface area contributed by atoms with Crippen LogP contribution < -0.4 is 0 Å². The molecule has 0 amide bonds. The summed E-state index contributed by atoms with van der Waals surface area (Å²) in [6.07, 6.45) is 3.33. The van der Waals surface area contributed by atoms with Crippen molar-refractivity contribution in [1.29, 1.82) is 0 Å². The number of ether oxygens (including phenoxy) is 1. The molecule has 2 heteroatoms. The average Bonchev–Trinajstić information content (AvgIpc) is 2.53. The van der Waals surface area contributed by atoms with Crippen LogP contribution in [0.25, 0.3) is 0 Å². The van der Waals surface area contributed by atoms with Crippen LogP contribution in [0.2, 0.25) is 0 Å². The van der Waals surface area contributed by atoms with Gasteiger partial charge in [0.25, 0.3) is 0 Å². The topological polar surface area (TPSA) is 26.3 Å². The van der Waals surface area contributed by atoms with E-state index in [0.29, 0.717) is 18.4 Å². The van der Waals surface area contributed by atoms with E-state index < -0.39 is 0 Å². The first-order valence-electron chi connectivity index (χ1n) is 4.85. The number of carbonyl (C=O) groups is 1. The minimum atomic E-state index is -0.0972. The summed E-state index contributed by atoms with van der Waals surface area (Å²) in [5, 5.41) is 0. The number of hydrogen-bond acceptors (Lipinski definition) is 2. The molecule has 1 aliphatic heterocycles. The zero-order valence-electron chi connectivity index (χ0n) is 7.80. The average molecular weight is 168 g/mol. The molecular formula is C10H16O2. The third kappa shape index (κ3) is 0.782. The Morgan fingerprint density at radius 3 is 2.33 bits per heavy atom. The van der Waals surface area contributed by atoms with Crippen molar-refractivity contribution >= 4 is 5.97 Å². The van der Waals surface area contributed by atoms with Gasteiger partial charge in [-0.1, -0.05) is 13.8 Å². The molecule has 1 aliphatic carbocycles. The maximum atomic E-state index is 11.6. The van der Waals surface area contributed by atoms with Crippen molar-refractivity contribution in [3.63, 3.8) is 0 Å². The third-order valence-corrected chi connectivity index (χ3v) is 3.92. The molecule has 0 aromatic heterocycles. The van der Waals surface area contributed by atoms with Gasteiger partial charge in [-0.25, -0.2) is 0 Å². The van der Waals surface area contributed by atoms with Gasteiger partial charge in [-0.2, -0.15) is 0 Å². The fourth-order valence-electron chi connectivity index (χ4n) is 2.95. The third-order valence-electron chi connectivity index (χ3n) is 3.92. The highest BCUT2D eigenvalue weighted by molar-refractivity contribution is 5.79. The fourth-order valence-corrected chi connectivity index (χ4v) is 2.95. The molecule has 2 nitrogen and oxygen atoms in total. The van der Waals surface area contributed by atoms with Crippen LogP contribution in [0, 0.1) is 17.3 Å². The van der Waals surface area contributed by atoms with E-state index in [4.69, 9.17) is 4.74 Å². The highest BCUT2D eigenvalue weighted by atomic mass is 16.5. The molecular weight excluding hydrogens is 152 g/mol. The summed E-state index contributed by atoms with van der Waals surface area (Å²) in [6, 6.07) is 0. The van der Waals surface area contributed by atoms with Crippen LogP contribution in [-0.2, 0) is 9.53 Å². The summed E-state index contributed by atoms with van der Waals surface area (Å²) in [4.78, 5) is 11.6. The van der Waals surface area contributed by atoms with Gasteiger partial charge in [0, 0.05) is 0 Å². The van der Waals surface area contributed by atoms with Gasteiger partial charge in [-0.05, 0) is 31.1 Å². The number of carbonyl (C=O) groups excluding carboxylic acids is 1. The molecule has 2 fully saturated rings. The standard InChI is InChI=1S/C10H16O2/c1-7-3-4-8(2)10(7)5-6-12-9(10)11/h7-8H,3-6H2,1-2H3/t7-,8-/m1/s1. The Morgan fingerprint density at radius 2 is 1.92 bits per heavy atom. The monoisotopic (exact) mass is 168 g/mol. The molecule has 0 bridgehead atoms. The molecule has 0 aromatic rings. The lowest BCUT2D eigenvalue weighted by Crippen LogP contribution is -2.34. The molecule has 0 unspecified atom stereocenters. The van der Waals surface area contributed by atoms with Crippen LogP contribution in [0.5, 0.6) is 0 Å². The lowest BCUT2D eigenvalue weighted by atomic mass is 9.72. The first kappa shape index (κ1) is 8.09. The highest BCUT2D eigenvalue weighted by Crippen LogP contribution is 2.53. The van der Waals surface area contributed by atoms with Crippen molar-refractivity contribution in [3.8, 4) is 0 Å². The molecule has 1 saturated heterocycles. The van der Waals surface area contributed by atoms with Gasteiger partial charge in [0.05, 0.1) is 12.0 Å². The number of cyclic esters (lactones) is 1. The van der Waals surface area contributed by atoms with E-state index in [1.165, 1.54) is 12.8 Å². The lowest BCUT2D eigenvalue weighted by Gasteiger charge is -2.28. The van der Waals surface area contributed by atoms with Crippen molar-refractivity contribution in [2.24, 2.45) is 17.3 Å². The van der Waals surface area contributed by atoms with Gasteiger partial charge in [0.2, 0.25) is 0 Å². The minimum absolute atomic E-state index is 0.0694. The zero-order chi connectivity index (χ0) is 8.77. The summed E-state index contributed by atoms with van der Waals surface area (Å²) in [5.74, 6) is 1.13. The Bertz CT molecular complexity index is 200. The Hall–Kier alpha value is -0.530. The van der Waals surface area contributed by atoms with Crippen LogP contribution in [-0.4, -0.2) is 12.6 Å². The maximum absolute atomic E-state index is 11.6. The molecule has 2 aliphatic rings. The van der Waals surface area contributed by atoms with E-state index in [-0.39, 0.29) is 11.4 Å². The minimum Gasteiger partial charge on any atom is -0.465 e. The Labute approximate surface area is 73.3 Å². The maximum Gasteiger partial charge on any atom is 0.312 e. The van der Waals surface area contributed by atoms with E-state index in [9.17, 15) is 4.79 Å². The van der Waals surface area contributed by atoms with Gasteiger partial charge < -0.3 is 4.74 Å². The highest BCUT2D eigenvalue weighted by Gasteiger charge is 2.55. The van der Waals surface area contributed by atoms with Crippen LogP contribution in [0.1, 0.15) is 33.1 Å². The Kier molecular flexibility index (Phi) is 1.67. The Balaban J connectivity index is 2.32. The molecule has 0 N–H and O–H groups in total. The van der Waals surface area contributed by atoms with Crippen molar-refractivity contribution < 1.29 is 9.53 Å². The smallest absolute Gasteiger partial charge is 0.312 e. The zero-order valence-corrected chi connectivity index (χ0v) is 7.80. The van der Waals surface area contributed by atoms with Gasteiger partial charge in [0.1, 0.15) is 0 Å². The second-order valence-electron chi connectivity index (χ2n) is 4.31. The predicted octanol–water partition coefficient (Wildman–Crippen LogP) is 1.99. The quantitative estimate of drug-likeness (QED) is 0.517. The van der Waals surface area contributed by atoms with Crippen molar-refractivity contribution in [1.82, 2.24) is 0 Å². The van der Waals surface area contributed by atoms with Crippen molar-refractivity contribution in [3.05, 3.63) is 0 Å². The van der Waals surface area contributed by atoms with Gasteiger partial charge in [-0.15, -0.1) is 0 Å². The molecule has 0 radical (unpaired) electrons. The molecule has 68 valence electrons. The second kappa shape index (κ2) is 2.48. The molecule has 1 spiro atoms. The van der Waals surface area contributed by atoms with Crippen molar-refractivity contribution in [2.75, 3.05) is 6.61 Å². The van der Waals surface area contributed by atoms with E-state index in [2.05, 4.69) is 13.8 Å². The molecule has 1 saturated carbocycles. The van der Waals surface area contributed by atoms with E-state index >= 15 is 0 Å². The molecule has 12 heavy (non-hydrogen) atoms. The molecule has 1 heterocycles. The lowest BCUT2D eigenvalue weighted by molar-refractivity contribution is -0.149. The van der Waals surface area contributed by atoms with Gasteiger partial charge in [-0.3, -0.25) is 4.79 Å². The fraction of sp³-hybridized carbons (Fsp3) is 0.900. The SMILES string of the molecule is C[C@@H]1CC[C@@H](C)C12CCOC2=O. The van der Waals surface area contributed by atoms with Crippen LogP contribution in [0.15, 0.2) is 0 Å². The normalized spacial score (nSPS) is 39.0. The number of hydrogen-bond donors (Lipinski definition) is 0. The summed E-state index contributed by atoms with van der Waals surface area (Å²) in [5.41, 5.74) is -0.0972. The van der Waals surface area contributed by atoms with Crippen LogP contribution >= 0.6 is 0 Å². The van der Waals surface area contributed by atoms with E-state index in [0.717, 1.165) is 6.42 Å². The first-order chi connectivity index (χ1) is 5.68. The van der Waals surface area contributed by atoms with Gasteiger partial charge in [0.15, 0.2) is 0 Å². The summed E-state index contributed by atoms with van der Waals surface area (Å²) >= 11 is 0. The van der Waals surface area contributed by atoms with Crippen LogP contribution in [0.4, 0.5) is 0 Å². The first-order valence-corrected chi connectivity index (χ1v) is 4.85. The molecule has 2 atom stereocenters. The molecule has 2 rings (SSSR count). The predicted molar refractivity (Wildman–Crippen MR) is 45.6 cm³/mol. The summed E-state index contributed by atoms with van der Waals surface area (Å²) in [7, 11) is 0. The largest absolute Gasteiger partial charge is 0.465 e. The number of esters is 1. The number of rotatable bonds is 0. The van der Waals surface area contributed by atoms with Crippen LogP contribution in [0.3, 0.4) is 0 Å². The Morgan fingerprint density at radius 1 is 1.33 bits per heavy atom.